The van der Waals surface area contributed by atoms with E-state index >= 15 is 0 Å². The number of H-pyrrole nitrogens is 1. The zero-order valence-electron chi connectivity index (χ0n) is 21.1. The van der Waals surface area contributed by atoms with Crippen molar-refractivity contribution in [3.63, 3.8) is 0 Å². The summed E-state index contributed by atoms with van der Waals surface area (Å²) < 4.78 is 1.86. The summed E-state index contributed by atoms with van der Waals surface area (Å²) >= 11 is 0. The Morgan fingerprint density at radius 2 is 1.63 bits per heavy atom. The molecule has 0 aliphatic carbocycles. The SMILES string of the molecule is Cc1ccc(C)c2[nH]c(=O)c(C(c3nnnn3C(C)(C)C)N3CCN(c4ccccc4)CC3)cc12. The van der Waals surface area contributed by atoms with Gasteiger partial charge in [0, 0.05) is 42.8 Å². The Morgan fingerprint density at radius 1 is 0.943 bits per heavy atom. The van der Waals surface area contributed by atoms with Gasteiger partial charge in [0.2, 0.25) is 0 Å². The molecule has 8 heteroatoms. The highest BCUT2D eigenvalue weighted by Crippen LogP contribution is 2.31. The lowest BCUT2D eigenvalue weighted by molar-refractivity contribution is 0.190. The summed E-state index contributed by atoms with van der Waals surface area (Å²) in [6, 6.07) is 16.3. The van der Waals surface area contributed by atoms with Crippen molar-refractivity contribution < 1.29 is 0 Å². The van der Waals surface area contributed by atoms with Crippen LogP contribution in [0.5, 0.6) is 0 Å². The third kappa shape index (κ3) is 4.34. The number of para-hydroxylation sites is 1. The van der Waals surface area contributed by atoms with Gasteiger partial charge in [0.05, 0.1) is 11.1 Å². The van der Waals surface area contributed by atoms with Crippen LogP contribution >= 0.6 is 0 Å². The maximum atomic E-state index is 13.6. The molecule has 1 unspecified atom stereocenters. The Labute approximate surface area is 205 Å². The third-order valence-electron chi connectivity index (χ3n) is 6.94. The van der Waals surface area contributed by atoms with Crippen molar-refractivity contribution in [3.05, 3.63) is 81.4 Å². The van der Waals surface area contributed by atoms with Crippen molar-refractivity contribution in [3.8, 4) is 0 Å². The van der Waals surface area contributed by atoms with E-state index in [-0.39, 0.29) is 17.1 Å². The number of nitrogens with zero attached hydrogens (tertiary/aromatic N) is 6. The lowest BCUT2D eigenvalue weighted by atomic mass is 9.98. The predicted molar refractivity (Wildman–Crippen MR) is 139 cm³/mol. The summed E-state index contributed by atoms with van der Waals surface area (Å²) in [5.74, 6) is 0.695. The molecule has 4 aromatic rings. The first-order valence-electron chi connectivity index (χ1n) is 12.2. The van der Waals surface area contributed by atoms with E-state index in [9.17, 15) is 4.79 Å². The number of aryl methyl sites for hydroxylation is 2. The molecule has 1 aliphatic heterocycles. The molecule has 0 bridgehead atoms. The Kier molecular flexibility index (Phi) is 5.92. The zero-order chi connectivity index (χ0) is 24.7. The van der Waals surface area contributed by atoms with Gasteiger partial charge in [0.15, 0.2) is 5.82 Å². The van der Waals surface area contributed by atoms with Crippen LogP contribution in [0.4, 0.5) is 5.69 Å². The van der Waals surface area contributed by atoms with Crippen LogP contribution in [-0.2, 0) is 5.54 Å². The van der Waals surface area contributed by atoms with E-state index in [1.54, 1.807) is 0 Å². The number of pyridine rings is 1. The van der Waals surface area contributed by atoms with Crippen LogP contribution < -0.4 is 10.5 Å². The van der Waals surface area contributed by atoms with Crippen LogP contribution in [0, 0.1) is 13.8 Å². The molecule has 3 heterocycles. The average molecular weight is 472 g/mol. The van der Waals surface area contributed by atoms with Gasteiger partial charge in [-0.05, 0) is 74.4 Å². The average Bonchev–Trinajstić information content (AvgIpc) is 3.34. The van der Waals surface area contributed by atoms with E-state index in [2.05, 4.69) is 88.3 Å². The smallest absolute Gasteiger partial charge is 0.253 e. The number of anilines is 1. The second kappa shape index (κ2) is 8.92. The molecule has 35 heavy (non-hydrogen) atoms. The van der Waals surface area contributed by atoms with Crippen LogP contribution in [-0.4, -0.2) is 56.3 Å². The Balaban J connectivity index is 1.60. The minimum atomic E-state index is -0.352. The summed E-state index contributed by atoms with van der Waals surface area (Å²) in [6.07, 6.45) is 0. The van der Waals surface area contributed by atoms with Gasteiger partial charge in [-0.15, -0.1) is 5.10 Å². The predicted octanol–water partition coefficient (Wildman–Crippen LogP) is 3.80. The van der Waals surface area contributed by atoms with Crippen molar-refractivity contribution >= 4 is 16.6 Å². The van der Waals surface area contributed by atoms with Crippen molar-refractivity contribution in [2.75, 3.05) is 31.1 Å². The number of aromatic nitrogens is 5. The number of fused-ring (bicyclic) bond motifs is 1. The Morgan fingerprint density at radius 3 is 2.31 bits per heavy atom. The van der Waals surface area contributed by atoms with E-state index in [4.69, 9.17) is 0 Å². The van der Waals surface area contributed by atoms with Gasteiger partial charge >= 0.3 is 0 Å². The molecule has 1 aliphatic rings. The maximum absolute atomic E-state index is 13.6. The number of hydrogen-bond donors (Lipinski definition) is 1. The minimum absolute atomic E-state index is 0.0925. The molecule has 5 rings (SSSR count). The Bertz CT molecular complexity index is 1390. The first-order valence-corrected chi connectivity index (χ1v) is 12.2. The molecule has 0 spiro atoms. The summed E-state index contributed by atoms with van der Waals surface area (Å²) in [5.41, 5.74) is 4.57. The second-order valence-corrected chi connectivity index (χ2v) is 10.4. The van der Waals surface area contributed by atoms with Gasteiger partial charge in [0.1, 0.15) is 6.04 Å². The summed E-state index contributed by atoms with van der Waals surface area (Å²) in [4.78, 5) is 21.5. The molecule has 2 aromatic carbocycles. The summed E-state index contributed by atoms with van der Waals surface area (Å²) in [7, 11) is 0. The van der Waals surface area contributed by atoms with Crippen molar-refractivity contribution in [2.24, 2.45) is 0 Å². The molecule has 182 valence electrons. The molecule has 2 aromatic heterocycles. The second-order valence-electron chi connectivity index (χ2n) is 10.4. The monoisotopic (exact) mass is 471 g/mol. The third-order valence-corrected chi connectivity index (χ3v) is 6.94. The molecule has 0 radical (unpaired) electrons. The largest absolute Gasteiger partial charge is 0.369 e. The van der Waals surface area contributed by atoms with Gasteiger partial charge in [-0.2, -0.15) is 0 Å². The normalized spacial score (nSPS) is 16.1. The van der Waals surface area contributed by atoms with E-state index in [1.807, 2.05) is 29.8 Å². The first kappa shape index (κ1) is 23.2. The van der Waals surface area contributed by atoms with Crippen molar-refractivity contribution in [1.29, 1.82) is 0 Å². The molecule has 8 nitrogen and oxygen atoms in total. The Hall–Kier alpha value is -3.52. The van der Waals surface area contributed by atoms with Crippen LogP contribution in [0.2, 0.25) is 0 Å². The van der Waals surface area contributed by atoms with Gasteiger partial charge in [0.25, 0.3) is 5.56 Å². The highest BCUT2D eigenvalue weighted by atomic mass is 16.1. The topological polar surface area (TPSA) is 82.9 Å². The van der Waals surface area contributed by atoms with Gasteiger partial charge in [-0.1, -0.05) is 30.3 Å². The number of benzene rings is 2. The van der Waals surface area contributed by atoms with Crippen molar-refractivity contribution in [1.82, 2.24) is 30.1 Å². The van der Waals surface area contributed by atoms with Crippen molar-refractivity contribution in [2.45, 2.75) is 46.2 Å². The molecular weight excluding hydrogens is 438 g/mol. The fourth-order valence-corrected chi connectivity index (χ4v) is 5.01. The fourth-order valence-electron chi connectivity index (χ4n) is 5.01. The molecule has 1 saturated heterocycles. The molecular formula is C27H33N7O. The summed E-state index contributed by atoms with van der Waals surface area (Å²) in [5, 5.41) is 13.9. The van der Waals surface area contributed by atoms with Gasteiger partial charge < -0.3 is 9.88 Å². The number of rotatable bonds is 4. The fraction of sp³-hybridized carbons (Fsp3) is 0.407. The van der Waals surface area contributed by atoms with E-state index in [0.29, 0.717) is 11.4 Å². The molecule has 1 atom stereocenters. The van der Waals surface area contributed by atoms with E-state index in [1.165, 1.54) is 5.69 Å². The summed E-state index contributed by atoms with van der Waals surface area (Å²) in [6.45, 7) is 13.7. The molecule has 1 fully saturated rings. The van der Waals surface area contributed by atoms with E-state index in [0.717, 1.165) is 48.2 Å². The number of aromatic amines is 1. The number of nitrogens with one attached hydrogen (secondary N) is 1. The van der Waals surface area contributed by atoms with Crippen LogP contribution in [0.15, 0.2) is 53.3 Å². The van der Waals surface area contributed by atoms with Gasteiger partial charge in [-0.3, -0.25) is 9.69 Å². The van der Waals surface area contributed by atoms with Crippen LogP contribution in [0.25, 0.3) is 10.9 Å². The number of tetrazole rings is 1. The lowest BCUT2D eigenvalue weighted by Gasteiger charge is -2.40. The highest BCUT2D eigenvalue weighted by molar-refractivity contribution is 5.85. The quantitative estimate of drug-likeness (QED) is 0.488. The zero-order valence-corrected chi connectivity index (χ0v) is 21.1. The molecule has 0 saturated carbocycles. The lowest BCUT2D eigenvalue weighted by Crippen LogP contribution is -2.49. The highest BCUT2D eigenvalue weighted by Gasteiger charge is 2.35. The van der Waals surface area contributed by atoms with Gasteiger partial charge in [-0.25, -0.2) is 4.68 Å². The molecule has 0 amide bonds. The van der Waals surface area contributed by atoms with E-state index < -0.39 is 0 Å². The maximum Gasteiger partial charge on any atom is 0.253 e. The molecule has 1 N–H and O–H groups in total. The standard InChI is InChI=1S/C27H33N7O/c1-18-11-12-19(2)23-21(18)17-22(26(35)28-23)24(25-29-30-31-34(25)27(3,4)5)33-15-13-32(14-16-33)20-9-7-6-8-10-20/h6-12,17,24H,13-16H2,1-5H3,(H,28,35). The first-order chi connectivity index (χ1) is 16.7. The van der Waals surface area contributed by atoms with Crippen LogP contribution in [0.1, 0.15) is 49.3 Å². The number of hydrogen-bond acceptors (Lipinski definition) is 6. The number of piperazine rings is 1. The van der Waals surface area contributed by atoms with Crippen LogP contribution in [0.3, 0.4) is 0 Å². The minimum Gasteiger partial charge on any atom is -0.369 e.